The van der Waals surface area contributed by atoms with Gasteiger partial charge >= 0.3 is 0 Å². The highest BCUT2D eigenvalue weighted by Crippen LogP contribution is 2.47. The van der Waals surface area contributed by atoms with Crippen LogP contribution in [0, 0.1) is 0 Å². The van der Waals surface area contributed by atoms with Gasteiger partial charge in [0.1, 0.15) is 11.2 Å². The van der Waals surface area contributed by atoms with Gasteiger partial charge in [0.15, 0.2) is 0 Å². The summed E-state index contributed by atoms with van der Waals surface area (Å²) in [6.45, 7) is 0. The average Bonchev–Trinajstić information content (AvgIpc) is 1.67. The van der Waals surface area contributed by atoms with E-state index in [4.69, 9.17) is 31.8 Å². The van der Waals surface area contributed by atoms with Crippen LogP contribution in [0.3, 0.4) is 0 Å². The molecule has 0 saturated carbocycles. The van der Waals surface area contributed by atoms with Gasteiger partial charge in [-0.15, -0.1) is 0 Å². The van der Waals surface area contributed by atoms with Crippen molar-refractivity contribution in [2.75, 3.05) is 4.90 Å². The molecule has 3 nitrogen and oxygen atoms in total. The Labute approximate surface area is 381 Å². The molecule has 0 aliphatic rings. The lowest BCUT2D eigenvalue weighted by molar-refractivity contribution is 0.670. The van der Waals surface area contributed by atoms with Gasteiger partial charge in [-0.2, -0.15) is 0 Å². The first-order valence-corrected chi connectivity index (χ1v) is 16.5. The number of hydrogen-bond donors (Lipinski definition) is 0. The molecule has 0 aliphatic heterocycles. The molecule has 9 aromatic carbocycles. The number of nitrogens with zero attached hydrogens (tertiary/aromatic N) is 2. The van der Waals surface area contributed by atoms with E-state index in [1.165, 1.54) is 0 Å². The molecule has 0 aliphatic carbocycles. The van der Waals surface area contributed by atoms with Crippen molar-refractivity contribution in [2.45, 2.75) is 0 Å². The van der Waals surface area contributed by atoms with Crippen molar-refractivity contribution in [3.05, 3.63) is 218 Å². The lowest BCUT2D eigenvalue weighted by Crippen LogP contribution is -2.11. The molecular weight excluding hydrogens is 693 g/mol. The minimum atomic E-state index is -1.42. The Morgan fingerprint density at radius 1 is 0.386 bits per heavy atom. The predicted octanol–water partition coefficient (Wildman–Crippen LogP) is 15.2. The van der Waals surface area contributed by atoms with Crippen LogP contribution >= 0.6 is 0 Å². The molecule has 2 heterocycles. The molecule has 0 saturated heterocycles. The fraction of sp³-hybridized carbons (Fsp3) is 0. The molecule has 0 atom stereocenters. The van der Waals surface area contributed by atoms with Crippen molar-refractivity contribution in [2.24, 2.45) is 0 Å². The maximum atomic E-state index is 10.3. The first-order chi connectivity index (χ1) is 43.3. The molecule has 2 aromatic heterocycles. The summed E-state index contributed by atoms with van der Waals surface area (Å²) in [6.07, 6.45) is 0. The standard InChI is InChI=1S/C54H36N2O/c1-3-14-37(15-4-1)39-26-30-42(31-27-39)55(43-32-28-40(29-33-43)38-16-5-2-6-17-38)51-35-34-48-47-22-9-12-25-52(47)57-54(48)53(51)41-18-13-19-44(36-41)56-49-23-10-7-20-45(49)46-21-8-11-24-50(46)56/h1-36H/i1D,2D,3D,4D,5D,6D,7D,8D,9D,10D,11D,12D,13D,14D,15D,16D,17D,18D,19D,20D,21D,22D,23D,24D,25D,26D,27D,28D,29D,30D,31D,32D,33D,34D,35D,36D. The van der Waals surface area contributed by atoms with Crippen molar-refractivity contribution < 1.29 is 53.8 Å². The summed E-state index contributed by atoms with van der Waals surface area (Å²) in [6, 6.07) is -40.5. The summed E-state index contributed by atoms with van der Waals surface area (Å²) in [7, 11) is 0. The molecule has 0 amide bonds. The van der Waals surface area contributed by atoms with E-state index in [-0.39, 0.29) is 4.90 Å². The van der Waals surface area contributed by atoms with Crippen molar-refractivity contribution in [3.8, 4) is 39.1 Å². The molecule has 11 aromatic rings. The minimum absolute atomic E-state index is 0.237. The topological polar surface area (TPSA) is 21.3 Å². The quantitative estimate of drug-likeness (QED) is 0.161. The minimum Gasteiger partial charge on any atom is -0.455 e. The first-order valence-electron chi connectivity index (χ1n) is 34.5. The summed E-state index contributed by atoms with van der Waals surface area (Å²) in [5.41, 5.74) is -14.7. The van der Waals surface area contributed by atoms with Gasteiger partial charge in [-0.1, -0.05) is 151 Å². The smallest absolute Gasteiger partial charge is 0.145 e. The number of benzene rings is 9. The van der Waals surface area contributed by atoms with Crippen LogP contribution in [0.15, 0.2) is 222 Å². The van der Waals surface area contributed by atoms with E-state index in [0.717, 1.165) is 0 Å². The predicted molar refractivity (Wildman–Crippen MR) is 239 cm³/mol. The zero-order valence-electron chi connectivity index (χ0n) is 64.3. The summed E-state index contributed by atoms with van der Waals surface area (Å²) < 4.78 is 335. The maximum absolute atomic E-state index is 10.3. The molecular formula is C54H36N2O. The number of aromatic nitrogens is 1. The van der Waals surface area contributed by atoms with Gasteiger partial charge in [-0.25, -0.2) is 0 Å². The van der Waals surface area contributed by atoms with Crippen molar-refractivity contribution in [1.82, 2.24) is 4.57 Å². The molecule has 0 spiro atoms. The number of anilines is 3. The molecule has 0 bridgehead atoms. The molecule has 57 heavy (non-hydrogen) atoms. The number of furan rings is 1. The summed E-state index contributed by atoms with van der Waals surface area (Å²) >= 11 is 0. The Kier molecular flexibility index (Phi) is 3.03. The highest BCUT2D eigenvalue weighted by molar-refractivity contribution is 6.14. The van der Waals surface area contributed by atoms with Gasteiger partial charge in [-0.05, 0) is 94.3 Å². The largest absolute Gasteiger partial charge is 0.455 e. The Bertz CT molecular complexity index is 5030. The van der Waals surface area contributed by atoms with Crippen LogP contribution < -0.4 is 4.90 Å². The van der Waals surface area contributed by atoms with Crippen LogP contribution in [-0.4, -0.2) is 4.57 Å². The molecule has 0 radical (unpaired) electrons. The van der Waals surface area contributed by atoms with Crippen molar-refractivity contribution in [1.29, 1.82) is 0 Å². The zero-order chi connectivity index (χ0) is 69.0. The molecule has 0 N–H and O–H groups in total. The van der Waals surface area contributed by atoms with E-state index in [1.54, 1.807) is 0 Å². The second kappa shape index (κ2) is 13.6. The molecule has 0 unspecified atom stereocenters. The van der Waals surface area contributed by atoms with Crippen LogP contribution in [0.4, 0.5) is 17.1 Å². The lowest BCUT2D eigenvalue weighted by atomic mass is 9.97. The van der Waals surface area contributed by atoms with Crippen LogP contribution in [0.25, 0.3) is 82.8 Å². The first kappa shape index (κ1) is 12.7. The number of hydrogen-bond acceptors (Lipinski definition) is 2. The van der Waals surface area contributed by atoms with Crippen molar-refractivity contribution in [3.63, 3.8) is 0 Å². The molecule has 268 valence electrons. The van der Waals surface area contributed by atoms with E-state index in [0.29, 0.717) is 4.57 Å². The Hall–Kier alpha value is -7.62. The molecule has 0 fully saturated rings. The van der Waals surface area contributed by atoms with Crippen LogP contribution in [0.1, 0.15) is 49.3 Å². The molecule has 11 rings (SSSR count). The fourth-order valence-electron chi connectivity index (χ4n) is 6.19. The lowest BCUT2D eigenvalue weighted by Gasteiger charge is -2.28. The molecule has 3 heteroatoms. The maximum Gasteiger partial charge on any atom is 0.145 e. The average molecular weight is 765 g/mol. The van der Waals surface area contributed by atoms with E-state index in [2.05, 4.69) is 0 Å². The summed E-state index contributed by atoms with van der Waals surface area (Å²) in [5.74, 6) is 0. The fourth-order valence-corrected chi connectivity index (χ4v) is 6.19. The summed E-state index contributed by atoms with van der Waals surface area (Å²) in [5, 5.41) is -2.77. The van der Waals surface area contributed by atoms with Crippen LogP contribution in [-0.2, 0) is 0 Å². The highest BCUT2D eigenvalue weighted by Gasteiger charge is 2.24. The number of fused-ring (bicyclic) bond motifs is 6. The van der Waals surface area contributed by atoms with Crippen LogP contribution in [0.5, 0.6) is 0 Å². The Morgan fingerprint density at radius 3 is 1.47 bits per heavy atom. The van der Waals surface area contributed by atoms with Gasteiger partial charge in [0.05, 0.1) is 66.1 Å². The second-order valence-corrected chi connectivity index (χ2v) is 11.8. The highest BCUT2D eigenvalue weighted by atomic mass is 16.3. The van der Waals surface area contributed by atoms with Crippen molar-refractivity contribution >= 4 is 60.8 Å². The third-order valence-corrected chi connectivity index (χ3v) is 8.62. The van der Waals surface area contributed by atoms with Gasteiger partial charge in [0, 0.05) is 44.2 Å². The second-order valence-electron chi connectivity index (χ2n) is 11.8. The van der Waals surface area contributed by atoms with E-state index >= 15 is 0 Å². The van der Waals surface area contributed by atoms with Gasteiger partial charge < -0.3 is 13.9 Å². The van der Waals surface area contributed by atoms with Gasteiger partial charge in [-0.3, -0.25) is 0 Å². The van der Waals surface area contributed by atoms with E-state index < -0.39 is 317 Å². The van der Waals surface area contributed by atoms with E-state index in [1.807, 2.05) is 0 Å². The normalized spacial score (nSPS) is 20.4. The van der Waals surface area contributed by atoms with Crippen LogP contribution in [0.2, 0.25) is 0 Å². The third kappa shape index (κ3) is 5.60. The Morgan fingerprint density at radius 2 is 0.877 bits per heavy atom. The van der Waals surface area contributed by atoms with Gasteiger partial charge in [0.2, 0.25) is 0 Å². The zero-order valence-corrected chi connectivity index (χ0v) is 28.3. The monoisotopic (exact) mass is 765 g/mol. The van der Waals surface area contributed by atoms with E-state index in [9.17, 15) is 21.9 Å². The third-order valence-electron chi connectivity index (χ3n) is 8.62. The number of para-hydroxylation sites is 3. The SMILES string of the molecule is [2H]c1c([2H])c([2H])c(-c2c([2H])c([2H])c(N(c3c([2H])c([2H])c(-c4c([2H])c([2H])c([2H])c([2H])c4[2H])c([2H])c3[2H])c3c([2H])c([2H])c4c(oc5c([2H])c([2H])c([2H])c([2H])c54)c3-c3c([2H])c([2H])c([2H])c(-n4c5c([2H])c([2H])c([2H])c([2H])c5c5c([2H])c([2H])c([2H])c([2H])c54)c3[2H])c([2H])c2[2H])c([2H])c1[2H]. The summed E-state index contributed by atoms with van der Waals surface area (Å²) in [4.78, 5) is 0.237. The number of rotatable bonds is 7. The van der Waals surface area contributed by atoms with Gasteiger partial charge in [0.25, 0.3) is 0 Å². The Balaban J connectivity index is 1.44.